The van der Waals surface area contributed by atoms with Crippen LogP contribution >= 0.6 is 0 Å². The van der Waals surface area contributed by atoms with Crippen molar-refractivity contribution in [3.8, 4) is 11.5 Å². The molecule has 5 heteroatoms. The summed E-state index contributed by atoms with van der Waals surface area (Å²) in [6.45, 7) is 2.50. The number of ether oxygens (including phenoxy) is 2. The molecule has 0 spiro atoms. The van der Waals surface area contributed by atoms with Crippen molar-refractivity contribution in [2.75, 3.05) is 6.79 Å². The number of fused-ring (bicyclic) bond motifs is 2. The number of amides is 1. The second kappa shape index (κ2) is 5.00. The van der Waals surface area contributed by atoms with Crippen molar-refractivity contribution in [3.63, 3.8) is 0 Å². The highest BCUT2D eigenvalue weighted by molar-refractivity contribution is 5.86. The molecule has 5 nitrogen and oxygen atoms in total. The van der Waals surface area contributed by atoms with E-state index in [2.05, 4.69) is 17.5 Å². The largest absolute Gasteiger partial charge is 0.454 e. The quantitative estimate of drug-likeness (QED) is 0.689. The molecule has 3 aliphatic rings. The first kappa shape index (κ1) is 13.6. The first-order valence-electron chi connectivity index (χ1n) is 7.91. The molecule has 0 aromatic heterocycles. The predicted molar refractivity (Wildman–Crippen MR) is 81.9 cm³/mol. The van der Waals surface area contributed by atoms with Gasteiger partial charge in [-0.25, -0.2) is 5.43 Å². The van der Waals surface area contributed by atoms with Crippen LogP contribution in [0.5, 0.6) is 11.5 Å². The summed E-state index contributed by atoms with van der Waals surface area (Å²) in [6, 6.07) is 5.60. The van der Waals surface area contributed by atoms with Gasteiger partial charge in [0.2, 0.25) is 12.7 Å². The molecule has 116 valence electrons. The van der Waals surface area contributed by atoms with Crippen molar-refractivity contribution in [1.82, 2.24) is 5.43 Å². The maximum Gasteiger partial charge on any atom is 0.244 e. The van der Waals surface area contributed by atoms with Crippen molar-refractivity contribution in [2.24, 2.45) is 22.4 Å². The number of benzene rings is 1. The van der Waals surface area contributed by atoms with Gasteiger partial charge >= 0.3 is 0 Å². The zero-order valence-electron chi connectivity index (χ0n) is 12.7. The summed E-state index contributed by atoms with van der Waals surface area (Å²) >= 11 is 0. The van der Waals surface area contributed by atoms with Crippen LogP contribution in [0.15, 0.2) is 23.3 Å². The summed E-state index contributed by atoms with van der Waals surface area (Å²) in [5.41, 5.74) is 3.80. The lowest BCUT2D eigenvalue weighted by atomic mass is 9.90. The van der Waals surface area contributed by atoms with Gasteiger partial charge in [0, 0.05) is 5.92 Å². The average molecular weight is 300 g/mol. The second-order valence-corrected chi connectivity index (χ2v) is 6.68. The summed E-state index contributed by atoms with van der Waals surface area (Å²) in [7, 11) is 0. The van der Waals surface area contributed by atoms with Gasteiger partial charge in [-0.1, -0.05) is 19.8 Å². The minimum Gasteiger partial charge on any atom is -0.454 e. The lowest BCUT2D eigenvalue weighted by Crippen LogP contribution is -2.22. The Morgan fingerprint density at radius 2 is 2.23 bits per heavy atom. The fourth-order valence-corrected chi connectivity index (χ4v) is 4.08. The lowest BCUT2D eigenvalue weighted by Gasteiger charge is -2.15. The van der Waals surface area contributed by atoms with Crippen LogP contribution in [0.3, 0.4) is 0 Å². The molecule has 0 unspecified atom stereocenters. The van der Waals surface area contributed by atoms with Gasteiger partial charge in [-0.15, -0.1) is 0 Å². The van der Waals surface area contributed by atoms with E-state index in [1.807, 2.05) is 18.2 Å². The number of hydrogen-bond acceptors (Lipinski definition) is 4. The van der Waals surface area contributed by atoms with Gasteiger partial charge in [-0.3, -0.25) is 4.79 Å². The molecule has 1 aromatic rings. The number of nitrogens with zero attached hydrogens (tertiary/aromatic N) is 1. The van der Waals surface area contributed by atoms with Crippen LogP contribution in [0.4, 0.5) is 0 Å². The molecular weight excluding hydrogens is 280 g/mol. The maximum atomic E-state index is 12.3. The van der Waals surface area contributed by atoms with Crippen molar-refractivity contribution in [2.45, 2.75) is 32.6 Å². The molecule has 1 heterocycles. The first-order valence-corrected chi connectivity index (χ1v) is 7.91. The number of nitrogens with one attached hydrogen (secondary N) is 1. The maximum absolute atomic E-state index is 12.3. The third kappa shape index (κ3) is 2.16. The zero-order valence-corrected chi connectivity index (χ0v) is 12.7. The van der Waals surface area contributed by atoms with Crippen LogP contribution in [0.25, 0.3) is 0 Å². The molecule has 0 bridgehead atoms. The Balaban J connectivity index is 1.37. The molecule has 3 atom stereocenters. The smallest absolute Gasteiger partial charge is 0.244 e. The monoisotopic (exact) mass is 300 g/mol. The summed E-state index contributed by atoms with van der Waals surface area (Å²) in [5.74, 6) is 2.23. The normalized spacial score (nSPS) is 31.9. The fourth-order valence-electron chi connectivity index (χ4n) is 4.08. The van der Waals surface area contributed by atoms with Crippen LogP contribution in [0.1, 0.15) is 38.2 Å². The number of hydrogen-bond donors (Lipinski definition) is 1. The molecule has 22 heavy (non-hydrogen) atoms. The van der Waals surface area contributed by atoms with E-state index in [9.17, 15) is 4.79 Å². The van der Waals surface area contributed by atoms with Gasteiger partial charge in [-0.2, -0.15) is 5.10 Å². The molecule has 2 aliphatic carbocycles. The third-order valence-corrected chi connectivity index (χ3v) is 5.40. The van der Waals surface area contributed by atoms with E-state index < -0.39 is 0 Å². The number of rotatable bonds is 3. The van der Waals surface area contributed by atoms with Crippen molar-refractivity contribution >= 4 is 12.1 Å². The summed E-state index contributed by atoms with van der Waals surface area (Å²) in [5, 5.41) is 4.10. The number of carbonyl (C=O) groups is 1. The highest BCUT2D eigenvalue weighted by atomic mass is 16.7. The van der Waals surface area contributed by atoms with E-state index in [4.69, 9.17) is 9.47 Å². The second-order valence-electron chi connectivity index (χ2n) is 6.68. The van der Waals surface area contributed by atoms with Gasteiger partial charge in [0.25, 0.3) is 0 Å². The summed E-state index contributed by atoms with van der Waals surface area (Å²) in [4.78, 5) is 12.3. The topological polar surface area (TPSA) is 59.9 Å². The van der Waals surface area contributed by atoms with Gasteiger partial charge in [0.05, 0.1) is 6.21 Å². The molecule has 2 saturated carbocycles. The number of carbonyl (C=O) groups excluding carboxylic acids is 1. The summed E-state index contributed by atoms with van der Waals surface area (Å²) < 4.78 is 10.6. The third-order valence-electron chi connectivity index (χ3n) is 5.40. The van der Waals surface area contributed by atoms with E-state index in [-0.39, 0.29) is 24.0 Å². The molecule has 1 aromatic carbocycles. The first-order chi connectivity index (χ1) is 10.7. The van der Waals surface area contributed by atoms with E-state index >= 15 is 0 Å². The van der Waals surface area contributed by atoms with E-state index in [0.29, 0.717) is 5.92 Å². The van der Waals surface area contributed by atoms with Crippen LogP contribution in [-0.4, -0.2) is 18.9 Å². The highest BCUT2D eigenvalue weighted by Crippen LogP contribution is 2.66. The SMILES string of the molecule is C[C@]12CCCC[C@H]1[C@H]2C(=O)N/N=C\c1ccc2c(c1)OCO2. The lowest BCUT2D eigenvalue weighted by molar-refractivity contribution is -0.123. The predicted octanol–water partition coefficient (Wildman–Crippen LogP) is 2.69. The molecule has 0 radical (unpaired) electrons. The van der Waals surface area contributed by atoms with Crippen LogP contribution < -0.4 is 14.9 Å². The fraction of sp³-hybridized carbons (Fsp3) is 0.529. The van der Waals surface area contributed by atoms with Crippen LogP contribution in [-0.2, 0) is 4.79 Å². The molecule has 2 fully saturated rings. The molecular formula is C17H20N2O3. The van der Waals surface area contributed by atoms with Crippen LogP contribution in [0.2, 0.25) is 0 Å². The van der Waals surface area contributed by atoms with Gasteiger partial charge in [0.15, 0.2) is 11.5 Å². The van der Waals surface area contributed by atoms with Gasteiger partial charge in [-0.05, 0) is 47.9 Å². The Kier molecular flexibility index (Phi) is 3.10. The Morgan fingerprint density at radius 1 is 1.36 bits per heavy atom. The van der Waals surface area contributed by atoms with Crippen LogP contribution in [0, 0.1) is 17.3 Å². The Bertz CT molecular complexity index is 643. The Morgan fingerprint density at radius 3 is 3.05 bits per heavy atom. The molecule has 1 amide bonds. The number of hydrazone groups is 1. The van der Waals surface area contributed by atoms with E-state index in [1.165, 1.54) is 25.7 Å². The molecule has 1 N–H and O–H groups in total. The molecule has 1 aliphatic heterocycles. The molecule has 0 saturated heterocycles. The Hall–Kier alpha value is -2.04. The zero-order chi connectivity index (χ0) is 15.2. The van der Waals surface area contributed by atoms with Crippen molar-refractivity contribution in [1.29, 1.82) is 0 Å². The van der Waals surface area contributed by atoms with E-state index in [1.54, 1.807) is 6.21 Å². The Labute approximate surface area is 129 Å². The van der Waals surface area contributed by atoms with E-state index in [0.717, 1.165) is 17.1 Å². The standard InChI is InChI=1S/C17H20N2O3/c1-17-7-3-2-4-12(17)15(17)16(20)19-18-9-11-5-6-13-14(8-11)22-10-21-13/h5-6,8-9,12,15H,2-4,7,10H2,1H3,(H,19,20)/b18-9-/t12-,15-,17-/m0/s1. The van der Waals surface area contributed by atoms with Gasteiger partial charge < -0.3 is 9.47 Å². The highest BCUT2D eigenvalue weighted by Gasteiger charge is 2.64. The van der Waals surface area contributed by atoms with Crippen molar-refractivity contribution in [3.05, 3.63) is 23.8 Å². The van der Waals surface area contributed by atoms with Crippen molar-refractivity contribution < 1.29 is 14.3 Å². The minimum atomic E-state index is 0.0615. The summed E-state index contributed by atoms with van der Waals surface area (Å²) in [6.07, 6.45) is 6.50. The minimum absolute atomic E-state index is 0.0615. The average Bonchev–Trinajstić information content (AvgIpc) is 2.88. The van der Waals surface area contributed by atoms with Gasteiger partial charge in [0.1, 0.15) is 0 Å². The molecule has 4 rings (SSSR count).